The molecule has 1 saturated heterocycles. The number of rotatable bonds is 3. The molecule has 7 heteroatoms. The highest BCUT2D eigenvalue weighted by Gasteiger charge is 2.20. The maximum atomic E-state index is 13.7. The molecule has 3 rings (SSSR count). The van der Waals surface area contributed by atoms with Gasteiger partial charge in [0.1, 0.15) is 11.5 Å². The third-order valence-corrected chi connectivity index (χ3v) is 3.58. The minimum Gasteiger partial charge on any atom is -0.322 e. The topological polar surface area (TPSA) is 59.0 Å². The van der Waals surface area contributed by atoms with Crippen molar-refractivity contribution in [1.82, 2.24) is 15.1 Å². The first-order chi connectivity index (χ1) is 10.2. The fraction of sp³-hybridized carbons (Fsp3) is 0.333. The van der Waals surface area contributed by atoms with Crippen LogP contribution in [0.3, 0.4) is 0 Å². The first-order valence-corrected chi connectivity index (χ1v) is 7.08. The smallest absolute Gasteiger partial charge is 0.241 e. The summed E-state index contributed by atoms with van der Waals surface area (Å²) in [5, 5.41) is 10.1. The number of aromatic nitrogens is 2. The fourth-order valence-electron chi connectivity index (χ4n) is 2.46. The van der Waals surface area contributed by atoms with Crippen molar-refractivity contribution >= 4 is 24.0 Å². The number of anilines is 1. The van der Waals surface area contributed by atoms with Crippen molar-refractivity contribution in [3.8, 4) is 5.69 Å². The van der Waals surface area contributed by atoms with Gasteiger partial charge >= 0.3 is 0 Å². The highest BCUT2D eigenvalue weighted by molar-refractivity contribution is 5.94. The molecule has 118 valence electrons. The van der Waals surface area contributed by atoms with Gasteiger partial charge in [0.15, 0.2) is 0 Å². The number of para-hydroxylation sites is 1. The zero-order valence-electron chi connectivity index (χ0n) is 12.0. The van der Waals surface area contributed by atoms with Crippen LogP contribution in [0.25, 0.3) is 5.69 Å². The van der Waals surface area contributed by atoms with Gasteiger partial charge in [0.25, 0.3) is 0 Å². The van der Waals surface area contributed by atoms with E-state index in [1.807, 2.05) is 0 Å². The molecule has 0 spiro atoms. The van der Waals surface area contributed by atoms with Crippen LogP contribution in [0.1, 0.15) is 19.3 Å². The second-order valence-corrected chi connectivity index (χ2v) is 5.12. The Hall–Kier alpha value is -1.92. The number of nitrogens with zero attached hydrogens (tertiary/aromatic N) is 2. The summed E-state index contributed by atoms with van der Waals surface area (Å²) in [5.41, 5.74) is 0.921. The molecule has 1 aromatic carbocycles. The number of carbonyl (C=O) groups excluding carboxylic acids is 1. The van der Waals surface area contributed by atoms with Gasteiger partial charge in [-0.25, -0.2) is 9.07 Å². The van der Waals surface area contributed by atoms with Gasteiger partial charge in [-0.1, -0.05) is 18.6 Å². The van der Waals surface area contributed by atoms with Crippen molar-refractivity contribution in [3.05, 3.63) is 42.5 Å². The van der Waals surface area contributed by atoms with E-state index < -0.39 is 0 Å². The van der Waals surface area contributed by atoms with E-state index in [0.29, 0.717) is 11.4 Å². The van der Waals surface area contributed by atoms with E-state index in [2.05, 4.69) is 15.7 Å². The van der Waals surface area contributed by atoms with Crippen molar-refractivity contribution in [2.24, 2.45) is 0 Å². The zero-order chi connectivity index (χ0) is 14.7. The van der Waals surface area contributed by atoms with Crippen molar-refractivity contribution in [2.75, 3.05) is 11.9 Å². The lowest BCUT2D eigenvalue weighted by molar-refractivity contribution is -0.118. The maximum absolute atomic E-state index is 13.7. The Labute approximate surface area is 134 Å². The minimum absolute atomic E-state index is 0. The predicted molar refractivity (Wildman–Crippen MR) is 85.0 cm³/mol. The SMILES string of the molecule is Cl.O=C(Nc1cnn(-c2ccccc2F)c1)C1CCCCN1. The van der Waals surface area contributed by atoms with Crippen LogP contribution in [-0.4, -0.2) is 28.3 Å². The van der Waals surface area contributed by atoms with Crippen molar-refractivity contribution in [2.45, 2.75) is 25.3 Å². The van der Waals surface area contributed by atoms with E-state index in [-0.39, 0.29) is 30.2 Å². The number of carbonyl (C=O) groups is 1. The lowest BCUT2D eigenvalue weighted by Gasteiger charge is -2.22. The van der Waals surface area contributed by atoms with Gasteiger partial charge in [0, 0.05) is 0 Å². The van der Waals surface area contributed by atoms with Crippen molar-refractivity contribution in [3.63, 3.8) is 0 Å². The van der Waals surface area contributed by atoms with Gasteiger partial charge in [-0.3, -0.25) is 4.79 Å². The molecule has 1 unspecified atom stereocenters. The Morgan fingerprint density at radius 3 is 2.91 bits per heavy atom. The molecule has 1 fully saturated rings. The molecule has 1 amide bonds. The summed E-state index contributed by atoms with van der Waals surface area (Å²) in [7, 11) is 0. The fourth-order valence-corrected chi connectivity index (χ4v) is 2.46. The van der Waals surface area contributed by atoms with Crippen LogP contribution in [0.15, 0.2) is 36.7 Å². The monoisotopic (exact) mass is 324 g/mol. The van der Waals surface area contributed by atoms with Crippen LogP contribution in [0.2, 0.25) is 0 Å². The van der Waals surface area contributed by atoms with Crippen LogP contribution in [0.4, 0.5) is 10.1 Å². The molecular formula is C15H18ClFN4O. The zero-order valence-corrected chi connectivity index (χ0v) is 12.8. The van der Waals surface area contributed by atoms with E-state index in [1.54, 1.807) is 24.4 Å². The van der Waals surface area contributed by atoms with Gasteiger partial charge in [-0.15, -0.1) is 12.4 Å². The third kappa shape index (κ3) is 3.64. The van der Waals surface area contributed by atoms with Gasteiger partial charge in [0.2, 0.25) is 5.91 Å². The van der Waals surface area contributed by atoms with Crippen molar-refractivity contribution < 1.29 is 9.18 Å². The van der Waals surface area contributed by atoms with Gasteiger partial charge in [-0.2, -0.15) is 5.10 Å². The molecule has 2 aromatic rings. The molecular weight excluding hydrogens is 307 g/mol. The molecule has 0 saturated carbocycles. The highest BCUT2D eigenvalue weighted by Crippen LogP contribution is 2.16. The van der Waals surface area contributed by atoms with Crippen LogP contribution in [0.5, 0.6) is 0 Å². The van der Waals surface area contributed by atoms with Gasteiger partial charge in [0.05, 0.1) is 24.1 Å². The number of hydrogen-bond donors (Lipinski definition) is 2. The number of nitrogens with one attached hydrogen (secondary N) is 2. The molecule has 1 atom stereocenters. The molecule has 5 nitrogen and oxygen atoms in total. The van der Waals surface area contributed by atoms with E-state index in [9.17, 15) is 9.18 Å². The quantitative estimate of drug-likeness (QED) is 0.912. The van der Waals surface area contributed by atoms with Crippen LogP contribution < -0.4 is 10.6 Å². The molecule has 2 N–H and O–H groups in total. The molecule has 0 bridgehead atoms. The highest BCUT2D eigenvalue weighted by atomic mass is 35.5. The number of piperidine rings is 1. The summed E-state index contributed by atoms with van der Waals surface area (Å²) in [6, 6.07) is 6.22. The molecule has 1 aliphatic rings. The minimum atomic E-state index is -0.354. The normalized spacial score (nSPS) is 17.6. The second kappa shape index (κ2) is 7.38. The summed E-state index contributed by atoms with van der Waals surface area (Å²) in [5.74, 6) is -0.421. The van der Waals surface area contributed by atoms with Gasteiger partial charge in [-0.05, 0) is 31.5 Å². The molecule has 0 radical (unpaired) electrons. The summed E-state index contributed by atoms with van der Waals surface area (Å²) in [6.45, 7) is 0.868. The lowest BCUT2D eigenvalue weighted by Crippen LogP contribution is -2.43. The largest absolute Gasteiger partial charge is 0.322 e. The standard InChI is InChI=1S/C15H17FN4O.ClH/c16-12-5-1-2-7-14(12)20-10-11(9-18-20)19-15(21)13-6-3-4-8-17-13;/h1-2,5,7,9-10,13,17H,3-4,6,8H2,(H,19,21);1H. The molecule has 1 aromatic heterocycles. The Bertz CT molecular complexity index is 640. The second-order valence-electron chi connectivity index (χ2n) is 5.12. The summed E-state index contributed by atoms with van der Waals surface area (Å²) < 4.78 is 15.1. The van der Waals surface area contributed by atoms with E-state index in [4.69, 9.17) is 0 Å². The Balaban J connectivity index is 0.00000176. The number of benzene rings is 1. The predicted octanol–water partition coefficient (Wildman–Crippen LogP) is 2.51. The number of amides is 1. The molecule has 0 aliphatic carbocycles. The first kappa shape index (κ1) is 16.5. The van der Waals surface area contributed by atoms with Crippen LogP contribution in [0, 0.1) is 5.82 Å². The first-order valence-electron chi connectivity index (χ1n) is 7.08. The van der Waals surface area contributed by atoms with Crippen LogP contribution >= 0.6 is 12.4 Å². The van der Waals surface area contributed by atoms with E-state index in [0.717, 1.165) is 25.8 Å². The number of halogens is 2. The lowest BCUT2D eigenvalue weighted by atomic mass is 10.0. The summed E-state index contributed by atoms with van der Waals surface area (Å²) in [6.07, 6.45) is 6.13. The summed E-state index contributed by atoms with van der Waals surface area (Å²) >= 11 is 0. The van der Waals surface area contributed by atoms with Crippen molar-refractivity contribution in [1.29, 1.82) is 0 Å². The average molecular weight is 325 g/mol. The Morgan fingerprint density at radius 1 is 1.36 bits per heavy atom. The number of hydrogen-bond acceptors (Lipinski definition) is 3. The Morgan fingerprint density at radius 2 is 2.18 bits per heavy atom. The van der Waals surface area contributed by atoms with Crippen LogP contribution in [-0.2, 0) is 4.79 Å². The average Bonchev–Trinajstić information content (AvgIpc) is 2.97. The summed E-state index contributed by atoms with van der Waals surface area (Å²) in [4.78, 5) is 12.1. The molecule has 1 aliphatic heterocycles. The molecule has 2 heterocycles. The molecule has 22 heavy (non-hydrogen) atoms. The van der Waals surface area contributed by atoms with E-state index >= 15 is 0 Å². The third-order valence-electron chi connectivity index (χ3n) is 3.58. The van der Waals surface area contributed by atoms with Gasteiger partial charge < -0.3 is 10.6 Å². The Kier molecular flexibility index (Phi) is 5.51. The maximum Gasteiger partial charge on any atom is 0.241 e. The van der Waals surface area contributed by atoms with E-state index in [1.165, 1.54) is 16.9 Å².